The van der Waals surface area contributed by atoms with E-state index in [1.807, 2.05) is 49.4 Å². The van der Waals surface area contributed by atoms with Crippen molar-refractivity contribution >= 4 is 11.3 Å². The molecule has 0 aliphatic rings. The first-order valence-electron chi connectivity index (χ1n) is 4.59. The van der Waals surface area contributed by atoms with Crippen molar-refractivity contribution in [3.8, 4) is 0 Å². The molecule has 1 aromatic rings. The van der Waals surface area contributed by atoms with E-state index < -0.39 is 0 Å². The quantitative estimate of drug-likeness (QED) is 0.566. The maximum absolute atomic E-state index is 5.62. The fraction of sp³-hybridized carbons (Fsp3) is 0.0769. The number of rotatable bonds is 3. The minimum atomic E-state index is 0.784. The van der Waals surface area contributed by atoms with Crippen LogP contribution in [-0.4, -0.2) is 0 Å². The molecule has 0 aromatic heterocycles. The summed E-state index contributed by atoms with van der Waals surface area (Å²) in [6.45, 7) is 5.69. The first-order valence-corrected chi connectivity index (χ1v) is 4.59. The summed E-state index contributed by atoms with van der Waals surface area (Å²) in [5, 5.41) is 0. The SMILES string of the molecule is C=C/C=C(\C=C/C)c1ccc(N)cc1. The topological polar surface area (TPSA) is 26.0 Å². The molecular formula is C13H15N. The van der Waals surface area contributed by atoms with Gasteiger partial charge in [-0.25, -0.2) is 0 Å². The van der Waals surface area contributed by atoms with Crippen molar-refractivity contribution in [2.45, 2.75) is 6.92 Å². The van der Waals surface area contributed by atoms with E-state index in [9.17, 15) is 0 Å². The summed E-state index contributed by atoms with van der Waals surface area (Å²) in [5.41, 5.74) is 8.69. The second-order valence-electron chi connectivity index (χ2n) is 2.98. The van der Waals surface area contributed by atoms with Crippen LogP contribution in [0.5, 0.6) is 0 Å². The minimum Gasteiger partial charge on any atom is -0.399 e. The average molecular weight is 185 g/mol. The van der Waals surface area contributed by atoms with Crippen LogP contribution in [0.25, 0.3) is 5.57 Å². The highest BCUT2D eigenvalue weighted by molar-refractivity contribution is 5.75. The molecule has 0 radical (unpaired) electrons. The van der Waals surface area contributed by atoms with E-state index in [1.165, 1.54) is 0 Å². The summed E-state index contributed by atoms with van der Waals surface area (Å²) in [6.07, 6.45) is 7.82. The number of allylic oxidation sites excluding steroid dienone is 5. The zero-order chi connectivity index (χ0) is 10.4. The number of anilines is 1. The molecule has 0 spiro atoms. The molecule has 1 aromatic carbocycles. The van der Waals surface area contributed by atoms with Crippen LogP contribution in [-0.2, 0) is 0 Å². The second-order valence-corrected chi connectivity index (χ2v) is 2.98. The molecule has 0 aliphatic carbocycles. The molecule has 1 rings (SSSR count). The number of hydrogen-bond acceptors (Lipinski definition) is 1. The fourth-order valence-electron chi connectivity index (χ4n) is 1.23. The van der Waals surface area contributed by atoms with Gasteiger partial charge in [-0.05, 0) is 30.2 Å². The van der Waals surface area contributed by atoms with Crippen LogP contribution in [0.15, 0.2) is 55.1 Å². The summed E-state index contributed by atoms with van der Waals surface area (Å²) < 4.78 is 0. The lowest BCUT2D eigenvalue weighted by Crippen LogP contribution is -1.85. The Morgan fingerprint density at radius 2 is 1.93 bits per heavy atom. The molecule has 0 aliphatic heterocycles. The summed E-state index contributed by atoms with van der Waals surface area (Å²) in [6, 6.07) is 7.81. The Kier molecular flexibility index (Phi) is 3.74. The van der Waals surface area contributed by atoms with Crippen LogP contribution in [0.1, 0.15) is 12.5 Å². The van der Waals surface area contributed by atoms with Gasteiger partial charge < -0.3 is 5.73 Å². The fourth-order valence-corrected chi connectivity index (χ4v) is 1.23. The Hall–Kier alpha value is -1.76. The van der Waals surface area contributed by atoms with E-state index in [4.69, 9.17) is 5.73 Å². The molecule has 72 valence electrons. The van der Waals surface area contributed by atoms with E-state index in [-0.39, 0.29) is 0 Å². The highest BCUT2D eigenvalue weighted by Crippen LogP contribution is 2.17. The molecule has 1 nitrogen and oxygen atoms in total. The second kappa shape index (κ2) is 5.07. The maximum atomic E-state index is 5.62. The van der Waals surface area contributed by atoms with Crippen molar-refractivity contribution in [3.63, 3.8) is 0 Å². The highest BCUT2D eigenvalue weighted by atomic mass is 14.5. The summed E-state index contributed by atoms with van der Waals surface area (Å²) in [4.78, 5) is 0. The molecule has 0 atom stereocenters. The first kappa shape index (κ1) is 10.3. The van der Waals surface area contributed by atoms with Gasteiger partial charge in [-0.3, -0.25) is 0 Å². The molecule has 0 saturated carbocycles. The first-order chi connectivity index (χ1) is 6.77. The van der Waals surface area contributed by atoms with Crippen LogP contribution in [0, 0.1) is 0 Å². The van der Waals surface area contributed by atoms with Gasteiger partial charge in [-0.2, -0.15) is 0 Å². The van der Waals surface area contributed by atoms with Gasteiger partial charge in [0.15, 0.2) is 0 Å². The predicted molar refractivity (Wildman–Crippen MR) is 63.8 cm³/mol. The van der Waals surface area contributed by atoms with Gasteiger partial charge >= 0.3 is 0 Å². The highest BCUT2D eigenvalue weighted by Gasteiger charge is 1.95. The number of hydrogen-bond donors (Lipinski definition) is 1. The third-order valence-electron chi connectivity index (χ3n) is 1.89. The standard InChI is InChI=1S/C13H15N/c1-3-5-11(6-4-2)12-7-9-13(14)10-8-12/h3-10H,1,14H2,2H3/b6-4-,11-5+. The Labute approximate surface area is 85.3 Å². The van der Waals surface area contributed by atoms with Gasteiger partial charge in [0, 0.05) is 5.69 Å². The smallest absolute Gasteiger partial charge is 0.0314 e. The van der Waals surface area contributed by atoms with Crippen molar-refractivity contribution in [2.24, 2.45) is 0 Å². The molecule has 0 saturated heterocycles. The summed E-state index contributed by atoms with van der Waals surface area (Å²) >= 11 is 0. The average Bonchev–Trinajstić information content (AvgIpc) is 2.19. The molecular weight excluding hydrogens is 170 g/mol. The lowest BCUT2D eigenvalue weighted by atomic mass is 10.0. The van der Waals surface area contributed by atoms with Crippen LogP contribution in [0.3, 0.4) is 0 Å². The van der Waals surface area contributed by atoms with Gasteiger partial charge in [0.1, 0.15) is 0 Å². The Bertz CT molecular complexity index is 355. The molecule has 0 heterocycles. The third-order valence-corrected chi connectivity index (χ3v) is 1.89. The van der Waals surface area contributed by atoms with Gasteiger partial charge in [0.05, 0.1) is 0 Å². The van der Waals surface area contributed by atoms with Crippen LogP contribution >= 0.6 is 0 Å². The Morgan fingerprint density at radius 1 is 1.29 bits per heavy atom. The molecule has 1 heteroatoms. The molecule has 0 amide bonds. The monoisotopic (exact) mass is 185 g/mol. The van der Waals surface area contributed by atoms with Gasteiger partial charge in [0.2, 0.25) is 0 Å². The number of benzene rings is 1. The van der Waals surface area contributed by atoms with Crippen molar-refractivity contribution in [3.05, 3.63) is 60.7 Å². The lowest BCUT2D eigenvalue weighted by molar-refractivity contribution is 1.60. The Morgan fingerprint density at radius 3 is 2.43 bits per heavy atom. The van der Waals surface area contributed by atoms with Crippen molar-refractivity contribution in [2.75, 3.05) is 5.73 Å². The third kappa shape index (κ3) is 2.63. The van der Waals surface area contributed by atoms with E-state index in [0.29, 0.717) is 0 Å². The molecule has 0 fully saturated rings. The lowest BCUT2D eigenvalue weighted by Gasteiger charge is -2.01. The summed E-state index contributed by atoms with van der Waals surface area (Å²) in [5.74, 6) is 0. The normalized spacial score (nSPS) is 11.9. The summed E-state index contributed by atoms with van der Waals surface area (Å²) in [7, 11) is 0. The molecule has 14 heavy (non-hydrogen) atoms. The molecule has 0 unspecified atom stereocenters. The van der Waals surface area contributed by atoms with Gasteiger partial charge in [-0.15, -0.1) is 0 Å². The van der Waals surface area contributed by atoms with Gasteiger partial charge in [-0.1, -0.05) is 43.0 Å². The molecule has 0 bridgehead atoms. The van der Waals surface area contributed by atoms with E-state index in [0.717, 1.165) is 16.8 Å². The predicted octanol–water partition coefficient (Wildman–Crippen LogP) is 3.41. The van der Waals surface area contributed by atoms with E-state index in [2.05, 4.69) is 6.58 Å². The van der Waals surface area contributed by atoms with Crippen LogP contribution in [0.2, 0.25) is 0 Å². The molecule has 2 N–H and O–H groups in total. The van der Waals surface area contributed by atoms with Crippen LogP contribution < -0.4 is 5.73 Å². The van der Waals surface area contributed by atoms with Crippen molar-refractivity contribution in [1.29, 1.82) is 0 Å². The number of nitrogen functional groups attached to an aromatic ring is 1. The van der Waals surface area contributed by atoms with E-state index >= 15 is 0 Å². The maximum Gasteiger partial charge on any atom is 0.0314 e. The minimum absolute atomic E-state index is 0.784. The van der Waals surface area contributed by atoms with Crippen molar-refractivity contribution in [1.82, 2.24) is 0 Å². The number of nitrogens with two attached hydrogens (primary N) is 1. The zero-order valence-corrected chi connectivity index (χ0v) is 8.40. The van der Waals surface area contributed by atoms with Crippen molar-refractivity contribution < 1.29 is 0 Å². The van der Waals surface area contributed by atoms with Crippen LogP contribution in [0.4, 0.5) is 5.69 Å². The van der Waals surface area contributed by atoms with E-state index in [1.54, 1.807) is 6.08 Å². The largest absolute Gasteiger partial charge is 0.399 e. The van der Waals surface area contributed by atoms with Gasteiger partial charge in [0.25, 0.3) is 0 Å². The Balaban J connectivity index is 3.05. The zero-order valence-electron chi connectivity index (χ0n) is 8.40.